The van der Waals surface area contributed by atoms with E-state index < -0.39 is 6.04 Å². The molecule has 0 aliphatic heterocycles. The Hall–Kier alpha value is -2.01. The highest BCUT2D eigenvalue weighted by Gasteiger charge is 2.17. The van der Waals surface area contributed by atoms with E-state index >= 15 is 0 Å². The number of carbonyl (C=O) groups excluding carboxylic acids is 1. The summed E-state index contributed by atoms with van der Waals surface area (Å²) >= 11 is 0. The summed E-state index contributed by atoms with van der Waals surface area (Å²) in [5, 5.41) is 2.78. The molecule has 2 aromatic rings. The molecule has 2 rings (SSSR count). The van der Waals surface area contributed by atoms with Gasteiger partial charge in [0.2, 0.25) is 5.91 Å². The van der Waals surface area contributed by atoms with E-state index in [1.165, 1.54) is 0 Å². The van der Waals surface area contributed by atoms with Gasteiger partial charge in [-0.1, -0.05) is 13.8 Å². The van der Waals surface area contributed by atoms with Crippen molar-refractivity contribution in [2.24, 2.45) is 11.7 Å². The standard InChI is InChI=1S/C13H16N4O/c1-8(2)12(14)13(18)17-9-3-4-10-11(7-9)16-6-5-15-10/h3-8,12H,14H2,1-2H3,(H,17,18)/t12-/m1/s1. The van der Waals surface area contributed by atoms with E-state index in [2.05, 4.69) is 15.3 Å². The number of nitrogens with one attached hydrogen (secondary N) is 1. The number of benzene rings is 1. The van der Waals surface area contributed by atoms with Crippen LogP contribution in [0.15, 0.2) is 30.6 Å². The molecule has 5 heteroatoms. The molecule has 0 radical (unpaired) electrons. The molecule has 3 N–H and O–H groups in total. The number of aromatic nitrogens is 2. The molecule has 1 amide bonds. The van der Waals surface area contributed by atoms with Crippen molar-refractivity contribution in [1.82, 2.24) is 9.97 Å². The molecule has 0 saturated heterocycles. The maximum atomic E-state index is 11.8. The van der Waals surface area contributed by atoms with Gasteiger partial charge in [-0.05, 0) is 24.1 Å². The average Bonchev–Trinajstić information content (AvgIpc) is 2.37. The molecule has 0 bridgehead atoms. The Morgan fingerprint density at radius 1 is 1.22 bits per heavy atom. The minimum atomic E-state index is -0.512. The maximum Gasteiger partial charge on any atom is 0.241 e. The average molecular weight is 244 g/mol. The van der Waals surface area contributed by atoms with Crippen molar-refractivity contribution in [3.63, 3.8) is 0 Å². The maximum absolute atomic E-state index is 11.8. The molecule has 1 aromatic carbocycles. The number of amides is 1. The van der Waals surface area contributed by atoms with E-state index in [9.17, 15) is 4.79 Å². The second-order valence-corrected chi connectivity index (χ2v) is 4.52. The van der Waals surface area contributed by atoms with Crippen LogP contribution >= 0.6 is 0 Å². The molecule has 94 valence electrons. The predicted octanol–water partition coefficient (Wildman–Crippen LogP) is 1.55. The number of nitrogens with zero attached hydrogens (tertiary/aromatic N) is 2. The smallest absolute Gasteiger partial charge is 0.241 e. The van der Waals surface area contributed by atoms with Gasteiger partial charge < -0.3 is 11.1 Å². The molecule has 0 aliphatic carbocycles. The third kappa shape index (κ3) is 2.62. The van der Waals surface area contributed by atoms with Crippen LogP contribution in [-0.4, -0.2) is 21.9 Å². The van der Waals surface area contributed by atoms with Crippen LogP contribution in [0, 0.1) is 5.92 Å². The van der Waals surface area contributed by atoms with Crippen molar-refractivity contribution >= 4 is 22.6 Å². The fourth-order valence-corrected chi connectivity index (χ4v) is 1.57. The van der Waals surface area contributed by atoms with Gasteiger partial charge in [0.25, 0.3) is 0 Å². The summed E-state index contributed by atoms with van der Waals surface area (Å²) in [4.78, 5) is 20.2. The van der Waals surface area contributed by atoms with Crippen LogP contribution in [0.1, 0.15) is 13.8 Å². The van der Waals surface area contributed by atoms with Crippen LogP contribution < -0.4 is 11.1 Å². The Morgan fingerprint density at radius 3 is 2.56 bits per heavy atom. The molecule has 1 aromatic heterocycles. The van der Waals surface area contributed by atoms with Crippen LogP contribution in [0.3, 0.4) is 0 Å². The second kappa shape index (κ2) is 5.10. The van der Waals surface area contributed by atoms with Crippen LogP contribution in [-0.2, 0) is 4.79 Å². The molecule has 0 fully saturated rings. The quantitative estimate of drug-likeness (QED) is 0.858. The lowest BCUT2D eigenvalue weighted by Crippen LogP contribution is -2.39. The first kappa shape index (κ1) is 12.4. The highest BCUT2D eigenvalue weighted by molar-refractivity contribution is 5.96. The van der Waals surface area contributed by atoms with Gasteiger partial charge in [0.1, 0.15) is 0 Å². The van der Waals surface area contributed by atoms with Crippen molar-refractivity contribution in [3.05, 3.63) is 30.6 Å². The summed E-state index contributed by atoms with van der Waals surface area (Å²) in [7, 11) is 0. The Bertz CT molecular complexity index is 568. The number of nitrogens with two attached hydrogens (primary N) is 1. The molecular weight excluding hydrogens is 228 g/mol. The van der Waals surface area contributed by atoms with Gasteiger partial charge in [-0.25, -0.2) is 0 Å². The van der Waals surface area contributed by atoms with Crippen LogP contribution in [0.4, 0.5) is 5.69 Å². The summed E-state index contributed by atoms with van der Waals surface area (Å²) in [5.41, 5.74) is 8.00. The van der Waals surface area contributed by atoms with Gasteiger partial charge in [0, 0.05) is 18.1 Å². The Balaban J connectivity index is 2.19. The zero-order valence-corrected chi connectivity index (χ0v) is 10.4. The third-order valence-electron chi connectivity index (χ3n) is 2.76. The Morgan fingerprint density at radius 2 is 1.89 bits per heavy atom. The SMILES string of the molecule is CC(C)[C@@H](N)C(=O)Nc1ccc2nccnc2c1. The molecule has 5 nitrogen and oxygen atoms in total. The molecule has 0 spiro atoms. The summed E-state index contributed by atoms with van der Waals surface area (Å²) < 4.78 is 0. The lowest BCUT2D eigenvalue weighted by Gasteiger charge is -2.15. The third-order valence-corrected chi connectivity index (χ3v) is 2.76. The Kier molecular flexibility index (Phi) is 3.53. The molecular formula is C13H16N4O. The fraction of sp³-hybridized carbons (Fsp3) is 0.308. The van der Waals surface area contributed by atoms with Gasteiger partial charge in [-0.3, -0.25) is 14.8 Å². The number of fused-ring (bicyclic) bond motifs is 1. The second-order valence-electron chi connectivity index (χ2n) is 4.52. The highest BCUT2D eigenvalue weighted by atomic mass is 16.2. The van der Waals surface area contributed by atoms with E-state index in [-0.39, 0.29) is 11.8 Å². The minimum Gasteiger partial charge on any atom is -0.325 e. The molecule has 18 heavy (non-hydrogen) atoms. The number of rotatable bonds is 3. The fourth-order valence-electron chi connectivity index (χ4n) is 1.57. The highest BCUT2D eigenvalue weighted by Crippen LogP contribution is 2.15. The molecule has 0 unspecified atom stereocenters. The van der Waals surface area contributed by atoms with Crippen molar-refractivity contribution in [1.29, 1.82) is 0 Å². The van der Waals surface area contributed by atoms with Crippen molar-refractivity contribution < 1.29 is 4.79 Å². The largest absolute Gasteiger partial charge is 0.325 e. The zero-order valence-electron chi connectivity index (χ0n) is 10.4. The van der Waals surface area contributed by atoms with Crippen molar-refractivity contribution in [2.45, 2.75) is 19.9 Å². The molecule has 0 aliphatic rings. The van der Waals surface area contributed by atoms with E-state index in [4.69, 9.17) is 5.73 Å². The lowest BCUT2D eigenvalue weighted by atomic mass is 10.0. The first-order chi connectivity index (χ1) is 8.58. The van der Waals surface area contributed by atoms with Crippen LogP contribution in [0.2, 0.25) is 0 Å². The van der Waals surface area contributed by atoms with E-state index in [1.807, 2.05) is 19.9 Å². The summed E-state index contributed by atoms with van der Waals surface area (Å²) in [6.45, 7) is 3.83. The van der Waals surface area contributed by atoms with E-state index in [1.54, 1.807) is 24.5 Å². The van der Waals surface area contributed by atoms with Gasteiger partial charge in [0.15, 0.2) is 0 Å². The Labute approximate surface area is 105 Å². The first-order valence-electron chi connectivity index (χ1n) is 5.85. The van der Waals surface area contributed by atoms with Crippen molar-refractivity contribution in [2.75, 3.05) is 5.32 Å². The van der Waals surface area contributed by atoms with Crippen LogP contribution in [0.5, 0.6) is 0 Å². The molecule has 1 atom stereocenters. The zero-order chi connectivity index (χ0) is 13.1. The van der Waals surface area contributed by atoms with Crippen molar-refractivity contribution in [3.8, 4) is 0 Å². The summed E-state index contributed by atoms with van der Waals surface area (Å²) in [6, 6.07) is 4.89. The monoisotopic (exact) mass is 244 g/mol. The number of anilines is 1. The van der Waals surface area contributed by atoms with Gasteiger partial charge in [0.05, 0.1) is 17.1 Å². The summed E-state index contributed by atoms with van der Waals surface area (Å²) in [6.07, 6.45) is 3.25. The number of hydrogen-bond donors (Lipinski definition) is 2. The summed E-state index contributed by atoms with van der Waals surface area (Å²) in [5.74, 6) is -0.0847. The minimum absolute atomic E-state index is 0.102. The van der Waals surface area contributed by atoms with Crippen LogP contribution in [0.25, 0.3) is 11.0 Å². The van der Waals surface area contributed by atoms with E-state index in [0.717, 1.165) is 11.0 Å². The predicted molar refractivity (Wildman–Crippen MR) is 71.0 cm³/mol. The molecule has 0 saturated carbocycles. The number of carbonyl (C=O) groups is 1. The van der Waals surface area contributed by atoms with Gasteiger partial charge in [-0.15, -0.1) is 0 Å². The number of hydrogen-bond acceptors (Lipinski definition) is 4. The van der Waals surface area contributed by atoms with E-state index in [0.29, 0.717) is 5.69 Å². The van der Waals surface area contributed by atoms with Gasteiger partial charge >= 0.3 is 0 Å². The topological polar surface area (TPSA) is 80.9 Å². The lowest BCUT2D eigenvalue weighted by molar-refractivity contribution is -0.118. The normalized spacial score (nSPS) is 12.7. The first-order valence-corrected chi connectivity index (χ1v) is 5.85. The van der Waals surface area contributed by atoms with Gasteiger partial charge in [-0.2, -0.15) is 0 Å². The molecule has 1 heterocycles.